The Kier molecular flexibility index (Phi) is 10.3. The zero-order chi connectivity index (χ0) is 13.8. The Morgan fingerprint density at radius 2 is 1.72 bits per heavy atom. The monoisotopic (exact) mass is 257 g/mol. The summed E-state index contributed by atoms with van der Waals surface area (Å²) < 4.78 is 0. The first kappa shape index (κ1) is 16.9. The number of nitrogens with one attached hydrogen (secondary N) is 2. The van der Waals surface area contributed by atoms with Crippen LogP contribution in [0, 0.1) is 0 Å². The minimum Gasteiger partial charge on any atom is -0.368 e. The number of nitrogens with two attached hydrogens (primary N) is 1. The lowest BCUT2D eigenvalue weighted by Gasteiger charge is -2.14. The second-order valence-corrected chi connectivity index (χ2v) is 4.50. The third-order valence-electron chi connectivity index (χ3n) is 2.78. The topological polar surface area (TPSA) is 84.2 Å². The molecule has 0 aliphatic carbocycles. The number of hydrogen-bond donors (Lipinski definition) is 3. The first-order valence-electron chi connectivity index (χ1n) is 6.91. The number of hydrogen-bond acceptors (Lipinski definition) is 3. The first-order valence-corrected chi connectivity index (χ1v) is 6.91. The lowest BCUT2D eigenvalue weighted by molar-refractivity contribution is -0.122. The maximum atomic E-state index is 11.5. The summed E-state index contributed by atoms with van der Waals surface area (Å²) in [7, 11) is 0. The number of unbranched alkanes of at least 4 members (excludes halogenated alkanes) is 2. The van der Waals surface area contributed by atoms with Gasteiger partial charge in [0.2, 0.25) is 11.8 Å². The van der Waals surface area contributed by atoms with Gasteiger partial charge in [-0.2, -0.15) is 0 Å². The quantitative estimate of drug-likeness (QED) is 0.481. The van der Waals surface area contributed by atoms with E-state index in [0.717, 1.165) is 32.2 Å². The van der Waals surface area contributed by atoms with Crippen LogP contribution in [0.2, 0.25) is 0 Å². The molecule has 1 atom stereocenters. The molecule has 5 heteroatoms. The Hall–Kier alpha value is -1.10. The lowest BCUT2D eigenvalue weighted by atomic mass is 10.1. The van der Waals surface area contributed by atoms with Gasteiger partial charge < -0.3 is 16.4 Å². The van der Waals surface area contributed by atoms with Crippen molar-refractivity contribution >= 4 is 11.8 Å². The standard InChI is InChI=1S/C13H27N3O2/c1-3-5-9-15-11(13(14)18)7-8-12(17)16-10-6-4-2/h11,15H,3-10H2,1-2H3,(H2,14,18)(H,16,17)/t11-/m0/s1. The van der Waals surface area contributed by atoms with Crippen LogP contribution in [0.3, 0.4) is 0 Å². The highest BCUT2D eigenvalue weighted by atomic mass is 16.2. The van der Waals surface area contributed by atoms with Gasteiger partial charge in [0.25, 0.3) is 0 Å². The van der Waals surface area contributed by atoms with Gasteiger partial charge in [-0.05, 0) is 25.8 Å². The first-order chi connectivity index (χ1) is 8.61. The average Bonchev–Trinajstić information content (AvgIpc) is 2.33. The highest BCUT2D eigenvalue weighted by Gasteiger charge is 2.15. The number of amides is 2. The van der Waals surface area contributed by atoms with Crippen LogP contribution in [-0.4, -0.2) is 30.9 Å². The summed E-state index contributed by atoms with van der Waals surface area (Å²) >= 11 is 0. The molecule has 4 N–H and O–H groups in total. The van der Waals surface area contributed by atoms with Gasteiger partial charge in [0.05, 0.1) is 6.04 Å². The Morgan fingerprint density at radius 1 is 1.11 bits per heavy atom. The van der Waals surface area contributed by atoms with Crippen molar-refractivity contribution in [2.24, 2.45) is 5.73 Å². The third-order valence-corrected chi connectivity index (χ3v) is 2.78. The average molecular weight is 257 g/mol. The Labute approximate surface area is 110 Å². The molecule has 2 amide bonds. The largest absolute Gasteiger partial charge is 0.368 e. The van der Waals surface area contributed by atoms with Gasteiger partial charge in [-0.25, -0.2) is 0 Å². The second-order valence-electron chi connectivity index (χ2n) is 4.50. The Bertz CT molecular complexity index is 244. The van der Waals surface area contributed by atoms with Crippen molar-refractivity contribution in [3.8, 4) is 0 Å². The van der Waals surface area contributed by atoms with Gasteiger partial charge >= 0.3 is 0 Å². The zero-order valence-corrected chi connectivity index (χ0v) is 11.6. The highest BCUT2D eigenvalue weighted by molar-refractivity contribution is 5.81. The fraction of sp³-hybridized carbons (Fsp3) is 0.846. The van der Waals surface area contributed by atoms with Crippen LogP contribution in [0.5, 0.6) is 0 Å². The van der Waals surface area contributed by atoms with E-state index in [0.29, 0.717) is 19.4 Å². The molecule has 0 saturated heterocycles. The van der Waals surface area contributed by atoms with E-state index >= 15 is 0 Å². The minimum atomic E-state index is -0.395. The summed E-state index contributed by atoms with van der Waals surface area (Å²) in [5.41, 5.74) is 5.29. The predicted octanol–water partition coefficient (Wildman–Crippen LogP) is 0.927. The van der Waals surface area contributed by atoms with Crippen LogP contribution in [0.25, 0.3) is 0 Å². The lowest BCUT2D eigenvalue weighted by Crippen LogP contribution is -2.42. The number of carbonyl (C=O) groups is 2. The Balaban J connectivity index is 3.81. The van der Waals surface area contributed by atoms with Gasteiger partial charge in [-0.1, -0.05) is 26.7 Å². The van der Waals surface area contributed by atoms with Crippen molar-refractivity contribution < 1.29 is 9.59 Å². The highest BCUT2D eigenvalue weighted by Crippen LogP contribution is 1.98. The molecular weight excluding hydrogens is 230 g/mol. The Morgan fingerprint density at radius 3 is 2.28 bits per heavy atom. The maximum Gasteiger partial charge on any atom is 0.234 e. The summed E-state index contributed by atoms with van der Waals surface area (Å²) in [5.74, 6) is -0.389. The maximum absolute atomic E-state index is 11.5. The van der Waals surface area contributed by atoms with E-state index in [1.807, 2.05) is 0 Å². The van der Waals surface area contributed by atoms with Crippen molar-refractivity contribution in [1.82, 2.24) is 10.6 Å². The molecule has 0 aliphatic heterocycles. The van der Waals surface area contributed by atoms with E-state index in [-0.39, 0.29) is 11.8 Å². The summed E-state index contributed by atoms with van der Waals surface area (Å²) in [6, 6.07) is -0.395. The molecule has 0 rings (SSSR count). The van der Waals surface area contributed by atoms with E-state index in [9.17, 15) is 9.59 Å². The van der Waals surface area contributed by atoms with Gasteiger partial charge in [-0.15, -0.1) is 0 Å². The molecule has 0 spiro atoms. The van der Waals surface area contributed by atoms with Gasteiger partial charge in [-0.3, -0.25) is 9.59 Å². The fourth-order valence-corrected chi connectivity index (χ4v) is 1.57. The van der Waals surface area contributed by atoms with Gasteiger partial charge in [0, 0.05) is 13.0 Å². The van der Waals surface area contributed by atoms with E-state index in [1.165, 1.54) is 0 Å². The molecule has 0 aliphatic rings. The van der Waals surface area contributed by atoms with Crippen molar-refractivity contribution in [1.29, 1.82) is 0 Å². The molecule has 18 heavy (non-hydrogen) atoms. The number of carbonyl (C=O) groups excluding carboxylic acids is 2. The molecular formula is C13H27N3O2. The molecule has 0 unspecified atom stereocenters. The van der Waals surface area contributed by atoms with Crippen LogP contribution in [0.15, 0.2) is 0 Å². The van der Waals surface area contributed by atoms with E-state index in [4.69, 9.17) is 5.73 Å². The van der Waals surface area contributed by atoms with Crippen LogP contribution >= 0.6 is 0 Å². The van der Waals surface area contributed by atoms with Crippen LogP contribution in [-0.2, 0) is 9.59 Å². The van der Waals surface area contributed by atoms with Crippen LogP contribution < -0.4 is 16.4 Å². The van der Waals surface area contributed by atoms with Crippen molar-refractivity contribution in [3.05, 3.63) is 0 Å². The predicted molar refractivity (Wildman–Crippen MR) is 73.0 cm³/mol. The third kappa shape index (κ3) is 8.98. The van der Waals surface area contributed by atoms with Gasteiger partial charge in [0.1, 0.15) is 0 Å². The molecule has 0 bridgehead atoms. The normalized spacial score (nSPS) is 12.1. The molecule has 0 aromatic carbocycles. The molecule has 0 radical (unpaired) electrons. The minimum absolute atomic E-state index is 0.00742. The van der Waals surface area contributed by atoms with Crippen molar-refractivity contribution in [2.45, 2.75) is 58.4 Å². The summed E-state index contributed by atoms with van der Waals surface area (Å²) in [6.07, 6.45) is 4.93. The SMILES string of the molecule is CCCCNC(=O)CC[C@H](NCCCC)C(N)=O. The summed E-state index contributed by atoms with van der Waals surface area (Å²) in [5, 5.41) is 5.91. The molecule has 0 aromatic rings. The molecule has 0 saturated carbocycles. The van der Waals surface area contributed by atoms with Crippen molar-refractivity contribution in [2.75, 3.05) is 13.1 Å². The zero-order valence-electron chi connectivity index (χ0n) is 11.6. The van der Waals surface area contributed by atoms with E-state index < -0.39 is 6.04 Å². The number of primary amides is 1. The molecule has 106 valence electrons. The van der Waals surface area contributed by atoms with Gasteiger partial charge in [0.15, 0.2) is 0 Å². The summed E-state index contributed by atoms with van der Waals surface area (Å²) in [4.78, 5) is 22.7. The van der Waals surface area contributed by atoms with E-state index in [2.05, 4.69) is 24.5 Å². The van der Waals surface area contributed by atoms with E-state index in [1.54, 1.807) is 0 Å². The molecule has 0 aromatic heterocycles. The second kappa shape index (κ2) is 11.0. The molecule has 0 heterocycles. The fourth-order valence-electron chi connectivity index (χ4n) is 1.57. The smallest absolute Gasteiger partial charge is 0.234 e. The number of rotatable bonds is 11. The molecule has 5 nitrogen and oxygen atoms in total. The van der Waals surface area contributed by atoms with Crippen LogP contribution in [0.4, 0.5) is 0 Å². The molecule has 0 fully saturated rings. The summed E-state index contributed by atoms with van der Waals surface area (Å²) in [6.45, 7) is 5.64. The van der Waals surface area contributed by atoms with Crippen molar-refractivity contribution in [3.63, 3.8) is 0 Å². The van der Waals surface area contributed by atoms with Crippen LogP contribution in [0.1, 0.15) is 52.4 Å².